The van der Waals surface area contributed by atoms with Crippen LogP contribution < -0.4 is 14.4 Å². The molecule has 2 amide bonds. The number of anilines is 1. The van der Waals surface area contributed by atoms with Crippen LogP contribution >= 0.6 is 23.2 Å². The van der Waals surface area contributed by atoms with Gasteiger partial charge in [0, 0.05) is 28.7 Å². The third kappa shape index (κ3) is 8.15. The van der Waals surface area contributed by atoms with E-state index in [4.69, 9.17) is 27.9 Å². The molecule has 0 aliphatic carbocycles. The standard InChI is InChI=1S/C30H35Cl2N3O5S/c1-5-18-33-30(37)22(4)34(19-26-27(31)8-7-9-28(26)32)29(36)20-35(23-12-10-21(3)11-13-23)41(38,39)25-16-14-24(15-17-25)40-6-2/h7-17,22H,5-6,18-20H2,1-4H3,(H,33,37). The Labute approximate surface area is 252 Å². The summed E-state index contributed by atoms with van der Waals surface area (Å²) in [6.45, 7) is 7.43. The van der Waals surface area contributed by atoms with E-state index in [2.05, 4.69) is 5.32 Å². The molecule has 41 heavy (non-hydrogen) atoms. The van der Waals surface area contributed by atoms with Crippen LogP contribution in [0.4, 0.5) is 5.69 Å². The van der Waals surface area contributed by atoms with Gasteiger partial charge < -0.3 is 15.0 Å². The number of aryl methyl sites for hydroxylation is 1. The second-order valence-electron chi connectivity index (χ2n) is 9.44. The van der Waals surface area contributed by atoms with Crippen molar-refractivity contribution in [2.45, 2.75) is 51.6 Å². The molecular weight excluding hydrogens is 585 g/mol. The highest BCUT2D eigenvalue weighted by Gasteiger charge is 2.33. The molecular formula is C30H35Cl2N3O5S. The zero-order valence-corrected chi connectivity index (χ0v) is 25.9. The van der Waals surface area contributed by atoms with E-state index in [1.165, 1.54) is 17.0 Å². The van der Waals surface area contributed by atoms with Gasteiger partial charge in [-0.15, -0.1) is 0 Å². The van der Waals surface area contributed by atoms with Crippen molar-refractivity contribution in [3.8, 4) is 5.75 Å². The number of carbonyl (C=O) groups excluding carboxylic acids is 2. The van der Waals surface area contributed by atoms with Crippen LogP contribution in [0.1, 0.15) is 38.3 Å². The number of sulfonamides is 1. The molecule has 0 saturated carbocycles. The van der Waals surface area contributed by atoms with Gasteiger partial charge in [-0.25, -0.2) is 8.42 Å². The van der Waals surface area contributed by atoms with Crippen molar-refractivity contribution < 1.29 is 22.7 Å². The Morgan fingerprint density at radius 2 is 1.56 bits per heavy atom. The minimum absolute atomic E-state index is 0.0104. The summed E-state index contributed by atoms with van der Waals surface area (Å²) in [6.07, 6.45) is 0.713. The third-order valence-corrected chi connectivity index (χ3v) is 8.93. The van der Waals surface area contributed by atoms with E-state index in [1.54, 1.807) is 61.5 Å². The van der Waals surface area contributed by atoms with Gasteiger partial charge in [0.25, 0.3) is 10.0 Å². The maximum atomic E-state index is 14.0. The van der Waals surface area contributed by atoms with Crippen molar-refractivity contribution in [2.75, 3.05) is 24.0 Å². The number of amides is 2. The Morgan fingerprint density at radius 1 is 0.951 bits per heavy atom. The van der Waals surface area contributed by atoms with Crippen LogP contribution in [-0.2, 0) is 26.2 Å². The number of halogens is 2. The lowest BCUT2D eigenvalue weighted by Crippen LogP contribution is -2.51. The molecule has 8 nitrogen and oxygen atoms in total. The van der Waals surface area contributed by atoms with Gasteiger partial charge in [-0.3, -0.25) is 13.9 Å². The number of hydrogen-bond donors (Lipinski definition) is 1. The largest absolute Gasteiger partial charge is 0.494 e. The first-order valence-electron chi connectivity index (χ1n) is 13.3. The van der Waals surface area contributed by atoms with Gasteiger partial charge >= 0.3 is 0 Å². The fraction of sp³-hybridized carbons (Fsp3) is 0.333. The quantitative estimate of drug-likeness (QED) is 0.259. The molecule has 1 unspecified atom stereocenters. The predicted molar refractivity (Wildman–Crippen MR) is 163 cm³/mol. The number of hydrogen-bond acceptors (Lipinski definition) is 5. The van der Waals surface area contributed by atoms with E-state index < -0.39 is 28.5 Å². The molecule has 3 rings (SSSR count). The maximum absolute atomic E-state index is 14.0. The topological polar surface area (TPSA) is 96.0 Å². The number of nitrogens with zero attached hydrogens (tertiary/aromatic N) is 2. The molecule has 1 atom stereocenters. The van der Waals surface area contributed by atoms with Crippen LogP contribution in [0.25, 0.3) is 0 Å². The summed E-state index contributed by atoms with van der Waals surface area (Å²) in [4.78, 5) is 28.3. The zero-order valence-electron chi connectivity index (χ0n) is 23.6. The van der Waals surface area contributed by atoms with Crippen LogP contribution in [0.5, 0.6) is 5.75 Å². The molecule has 1 N–H and O–H groups in total. The average Bonchev–Trinajstić information content (AvgIpc) is 2.95. The van der Waals surface area contributed by atoms with Gasteiger partial charge in [0.15, 0.2) is 0 Å². The second kappa shape index (κ2) is 14.6. The second-order valence-corrected chi connectivity index (χ2v) is 12.1. The van der Waals surface area contributed by atoms with E-state index >= 15 is 0 Å². The van der Waals surface area contributed by atoms with Crippen LogP contribution in [-0.4, -0.2) is 50.9 Å². The Hall–Kier alpha value is -3.27. The first-order valence-corrected chi connectivity index (χ1v) is 15.5. The fourth-order valence-corrected chi connectivity index (χ4v) is 6.00. The van der Waals surface area contributed by atoms with Crippen molar-refractivity contribution >= 4 is 50.7 Å². The highest BCUT2D eigenvalue weighted by Crippen LogP contribution is 2.29. The summed E-state index contributed by atoms with van der Waals surface area (Å²) < 4.78 is 34.4. The summed E-state index contributed by atoms with van der Waals surface area (Å²) >= 11 is 12.8. The molecule has 0 bridgehead atoms. The molecule has 3 aromatic rings. The van der Waals surface area contributed by atoms with Gasteiger partial charge in [0.1, 0.15) is 18.3 Å². The summed E-state index contributed by atoms with van der Waals surface area (Å²) in [5.41, 5.74) is 1.68. The van der Waals surface area contributed by atoms with Crippen LogP contribution in [0.3, 0.4) is 0 Å². The monoisotopic (exact) mass is 619 g/mol. The number of rotatable bonds is 13. The first-order chi connectivity index (χ1) is 19.5. The minimum Gasteiger partial charge on any atom is -0.494 e. The van der Waals surface area contributed by atoms with Crippen molar-refractivity contribution in [2.24, 2.45) is 0 Å². The Kier molecular flexibility index (Phi) is 11.5. The molecule has 0 aliphatic heterocycles. The summed E-state index contributed by atoms with van der Waals surface area (Å²) in [5.74, 6) is -0.450. The van der Waals surface area contributed by atoms with Crippen molar-refractivity contribution in [1.82, 2.24) is 10.2 Å². The van der Waals surface area contributed by atoms with Crippen molar-refractivity contribution in [3.63, 3.8) is 0 Å². The van der Waals surface area contributed by atoms with Crippen molar-refractivity contribution in [3.05, 3.63) is 87.9 Å². The third-order valence-electron chi connectivity index (χ3n) is 6.43. The zero-order chi connectivity index (χ0) is 30.2. The average molecular weight is 621 g/mol. The molecule has 0 fully saturated rings. The van der Waals surface area contributed by atoms with Gasteiger partial charge in [0.2, 0.25) is 11.8 Å². The fourth-order valence-electron chi connectivity index (χ4n) is 4.07. The van der Waals surface area contributed by atoms with Crippen LogP contribution in [0.2, 0.25) is 10.0 Å². The Bertz CT molecular complexity index is 1430. The molecule has 11 heteroatoms. The summed E-state index contributed by atoms with van der Waals surface area (Å²) in [6, 6.07) is 16.9. The van der Waals surface area contributed by atoms with E-state index in [1.807, 2.05) is 20.8 Å². The van der Waals surface area contributed by atoms with E-state index in [9.17, 15) is 18.0 Å². The van der Waals surface area contributed by atoms with E-state index in [-0.39, 0.29) is 17.3 Å². The predicted octanol–water partition coefficient (Wildman–Crippen LogP) is 5.84. The molecule has 0 aromatic heterocycles. The van der Waals surface area contributed by atoms with Gasteiger partial charge in [-0.2, -0.15) is 0 Å². The summed E-state index contributed by atoms with van der Waals surface area (Å²) in [7, 11) is -4.20. The Morgan fingerprint density at radius 3 is 2.12 bits per heavy atom. The van der Waals surface area contributed by atoms with Crippen molar-refractivity contribution in [1.29, 1.82) is 0 Å². The smallest absolute Gasteiger partial charge is 0.264 e. The highest BCUT2D eigenvalue weighted by atomic mass is 35.5. The lowest BCUT2D eigenvalue weighted by molar-refractivity contribution is -0.139. The van der Waals surface area contributed by atoms with Crippen LogP contribution in [0.15, 0.2) is 71.6 Å². The van der Waals surface area contributed by atoms with Gasteiger partial charge in [-0.1, -0.05) is 53.9 Å². The van der Waals surface area contributed by atoms with E-state index in [0.717, 1.165) is 9.87 Å². The molecule has 0 spiro atoms. The molecule has 0 radical (unpaired) electrons. The minimum atomic E-state index is -4.20. The van der Waals surface area contributed by atoms with Gasteiger partial charge in [0.05, 0.1) is 17.2 Å². The summed E-state index contributed by atoms with van der Waals surface area (Å²) in [5, 5.41) is 3.46. The Balaban J connectivity index is 2.04. The maximum Gasteiger partial charge on any atom is 0.264 e. The SMILES string of the molecule is CCCNC(=O)C(C)N(Cc1c(Cl)cccc1Cl)C(=O)CN(c1ccc(C)cc1)S(=O)(=O)c1ccc(OCC)cc1. The number of nitrogens with one attached hydrogen (secondary N) is 1. The first kappa shape index (κ1) is 32.2. The lowest BCUT2D eigenvalue weighted by Gasteiger charge is -2.32. The number of benzene rings is 3. The normalized spacial score (nSPS) is 12.0. The number of ether oxygens (including phenoxy) is 1. The molecule has 0 saturated heterocycles. The van der Waals surface area contributed by atoms with Crippen LogP contribution in [0, 0.1) is 6.92 Å². The molecule has 0 heterocycles. The molecule has 0 aliphatic rings. The molecule has 3 aromatic carbocycles. The van der Waals surface area contributed by atoms with Gasteiger partial charge in [-0.05, 0) is 75.7 Å². The molecule has 220 valence electrons. The lowest BCUT2D eigenvalue weighted by atomic mass is 10.1. The highest BCUT2D eigenvalue weighted by molar-refractivity contribution is 7.92. The number of carbonyl (C=O) groups is 2. The van der Waals surface area contributed by atoms with E-state index in [0.29, 0.717) is 46.6 Å².